The Bertz CT molecular complexity index is 1390. The van der Waals surface area contributed by atoms with Crippen LogP contribution in [0.4, 0.5) is 0 Å². The molecule has 1 aliphatic heterocycles. The molecule has 1 aromatic heterocycles. The van der Waals surface area contributed by atoms with Crippen molar-refractivity contribution in [3.8, 4) is 5.88 Å². The van der Waals surface area contributed by atoms with E-state index in [0.29, 0.717) is 37.1 Å². The quantitative estimate of drug-likeness (QED) is 0.437. The van der Waals surface area contributed by atoms with Gasteiger partial charge < -0.3 is 4.74 Å². The zero-order chi connectivity index (χ0) is 24.3. The summed E-state index contributed by atoms with van der Waals surface area (Å²) in [5.74, 6) is 1.39. The molecule has 2 atom stereocenters. The van der Waals surface area contributed by atoms with Gasteiger partial charge in [-0.3, -0.25) is 9.59 Å². The number of ether oxygens (including phenoxy) is 1. The van der Waals surface area contributed by atoms with E-state index in [4.69, 9.17) is 9.72 Å². The number of carbonyl (C=O) groups is 2. The van der Waals surface area contributed by atoms with Crippen LogP contribution in [0.25, 0.3) is 0 Å². The highest BCUT2D eigenvalue weighted by molar-refractivity contribution is 6.02. The van der Waals surface area contributed by atoms with Crippen molar-refractivity contribution in [3.05, 3.63) is 106 Å². The van der Waals surface area contributed by atoms with Crippen LogP contribution in [0.1, 0.15) is 83.3 Å². The zero-order valence-corrected chi connectivity index (χ0v) is 20.4. The minimum atomic E-state index is -0.268. The molecule has 176 valence electrons. The number of allylic oxidation sites excluding steroid dienone is 2. The number of pyridine rings is 1. The summed E-state index contributed by atoms with van der Waals surface area (Å²) in [7, 11) is 0. The van der Waals surface area contributed by atoms with Crippen molar-refractivity contribution in [2.24, 2.45) is 5.41 Å². The monoisotopic (exact) mass is 463 g/mol. The molecule has 0 radical (unpaired) electrons. The third kappa shape index (κ3) is 3.63. The van der Waals surface area contributed by atoms with Crippen LogP contribution in [0, 0.1) is 12.3 Å². The second-order valence-corrected chi connectivity index (χ2v) is 10.9. The van der Waals surface area contributed by atoms with E-state index < -0.39 is 0 Å². The molecule has 0 spiro atoms. The van der Waals surface area contributed by atoms with Crippen LogP contribution in [-0.4, -0.2) is 16.6 Å². The van der Waals surface area contributed by atoms with Crippen LogP contribution < -0.4 is 4.74 Å². The van der Waals surface area contributed by atoms with Crippen molar-refractivity contribution in [3.63, 3.8) is 0 Å². The SMILES string of the molecule is Cc1c2c(nc3c1C(c1ccccc1)C1=C(CC(C)(C)CC1=O)O3)CC(c1ccccc1)CC2=O. The molecule has 3 aromatic rings. The van der Waals surface area contributed by atoms with Crippen LogP contribution in [0.2, 0.25) is 0 Å². The van der Waals surface area contributed by atoms with E-state index in [0.717, 1.165) is 39.3 Å². The molecular weight excluding hydrogens is 434 g/mol. The predicted molar refractivity (Wildman–Crippen MR) is 135 cm³/mol. The Kier molecular flexibility index (Phi) is 5.03. The van der Waals surface area contributed by atoms with Gasteiger partial charge in [-0.15, -0.1) is 0 Å². The van der Waals surface area contributed by atoms with Gasteiger partial charge in [0.15, 0.2) is 11.6 Å². The molecular formula is C31H29NO3. The van der Waals surface area contributed by atoms with E-state index in [1.54, 1.807) is 0 Å². The van der Waals surface area contributed by atoms with E-state index in [1.165, 1.54) is 0 Å². The van der Waals surface area contributed by atoms with Gasteiger partial charge in [0.1, 0.15) is 5.76 Å². The summed E-state index contributed by atoms with van der Waals surface area (Å²) in [6.45, 7) is 6.22. The van der Waals surface area contributed by atoms with E-state index in [9.17, 15) is 9.59 Å². The molecule has 0 amide bonds. The molecule has 0 saturated heterocycles. The highest BCUT2D eigenvalue weighted by atomic mass is 16.5. The van der Waals surface area contributed by atoms with Gasteiger partial charge in [0.25, 0.3) is 0 Å². The lowest BCUT2D eigenvalue weighted by molar-refractivity contribution is -0.118. The number of ketones is 2. The van der Waals surface area contributed by atoms with Gasteiger partial charge >= 0.3 is 0 Å². The molecule has 0 bridgehead atoms. The molecule has 2 heterocycles. The normalized spacial score (nSPS) is 22.7. The number of hydrogen-bond donors (Lipinski definition) is 0. The van der Waals surface area contributed by atoms with Gasteiger partial charge in [-0.2, -0.15) is 0 Å². The summed E-state index contributed by atoms with van der Waals surface area (Å²) in [4.78, 5) is 32.0. The van der Waals surface area contributed by atoms with E-state index >= 15 is 0 Å². The molecule has 6 rings (SSSR count). The minimum absolute atomic E-state index is 0.111. The average molecular weight is 464 g/mol. The van der Waals surface area contributed by atoms with Crippen molar-refractivity contribution >= 4 is 11.6 Å². The molecule has 4 nitrogen and oxygen atoms in total. The van der Waals surface area contributed by atoms with E-state index in [-0.39, 0.29) is 28.8 Å². The third-order valence-corrected chi connectivity index (χ3v) is 7.77. The molecule has 2 aliphatic carbocycles. The maximum atomic E-state index is 13.5. The standard InChI is InChI=1S/C31H29NO3/c1-18-26-22(14-21(15-23(26)33)19-10-6-4-7-11-19)32-30-27(18)28(20-12-8-5-9-13-20)29-24(34)16-31(2,3)17-25(29)35-30/h4-13,21,28H,14-17H2,1-3H3. The molecule has 2 aromatic carbocycles. The van der Waals surface area contributed by atoms with Crippen molar-refractivity contribution in [2.45, 2.75) is 58.3 Å². The molecule has 0 N–H and O–H groups in total. The van der Waals surface area contributed by atoms with Crippen molar-refractivity contribution in [2.75, 3.05) is 0 Å². The highest BCUT2D eigenvalue weighted by Crippen LogP contribution is 2.51. The fourth-order valence-corrected chi connectivity index (χ4v) is 6.21. The first-order chi connectivity index (χ1) is 16.8. The Morgan fingerprint density at radius 2 is 1.51 bits per heavy atom. The molecule has 35 heavy (non-hydrogen) atoms. The van der Waals surface area contributed by atoms with Gasteiger partial charge in [0.05, 0.1) is 5.69 Å². The minimum Gasteiger partial charge on any atom is -0.443 e. The Balaban J connectivity index is 1.53. The number of fused-ring (bicyclic) bond motifs is 2. The summed E-state index contributed by atoms with van der Waals surface area (Å²) in [5, 5.41) is 0. The number of carbonyl (C=O) groups excluding carboxylic acids is 2. The average Bonchev–Trinajstić information content (AvgIpc) is 2.83. The van der Waals surface area contributed by atoms with E-state index in [1.807, 2.05) is 43.3 Å². The topological polar surface area (TPSA) is 56.3 Å². The number of benzene rings is 2. The Morgan fingerprint density at radius 3 is 2.20 bits per heavy atom. The van der Waals surface area contributed by atoms with E-state index in [2.05, 4.69) is 38.1 Å². The molecule has 2 unspecified atom stereocenters. The maximum absolute atomic E-state index is 13.5. The van der Waals surface area contributed by atoms with Crippen LogP contribution in [0.15, 0.2) is 72.0 Å². The zero-order valence-electron chi connectivity index (χ0n) is 20.4. The number of aromatic nitrogens is 1. The smallest absolute Gasteiger partial charge is 0.223 e. The summed E-state index contributed by atoms with van der Waals surface area (Å²) in [6, 6.07) is 20.3. The number of Topliss-reactive ketones (excluding diaryl/α,β-unsaturated/α-hetero) is 2. The van der Waals surface area contributed by atoms with Gasteiger partial charge in [-0.05, 0) is 41.4 Å². The fourth-order valence-electron chi connectivity index (χ4n) is 6.21. The predicted octanol–water partition coefficient (Wildman–Crippen LogP) is 6.47. The first-order valence-electron chi connectivity index (χ1n) is 12.4. The van der Waals surface area contributed by atoms with Crippen molar-refractivity contribution < 1.29 is 14.3 Å². The summed E-state index contributed by atoms with van der Waals surface area (Å²) in [6.07, 6.45) is 2.36. The first-order valence-corrected chi connectivity index (χ1v) is 12.4. The lowest BCUT2D eigenvalue weighted by atomic mass is 9.69. The summed E-state index contributed by atoms with van der Waals surface area (Å²) in [5.41, 5.74) is 6.07. The van der Waals surface area contributed by atoms with Crippen LogP contribution in [0.3, 0.4) is 0 Å². The second-order valence-electron chi connectivity index (χ2n) is 10.9. The maximum Gasteiger partial charge on any atom is 0.223 e. The lowest BCUT2D eigenvalue weighted by Gasteiger charge is -2.39. The largest absolute Gasteiger partial charge is 0.443 e. The Morgan fingerprint density at radius 1 is 0.857 bits per heavy atom. The Labute approximate surface area is 206 Å². The fraction of sp³-hybridized carbons (Fsp3) is 0.323. The number of nitrogens with zero attached hydrogens (tertiary/aromatic N) is 1. The lowest BCUT2D eigenvalue weighted by Crippen LogP contribution is -2.34. The molecule has 3 aliphatic rings. The van der Waals surface area contributed by atoms with Gasteiger partial charge in [-0.25, -0.2) is 4.98 Å². The van der Waals surface area contributed by atoms with Crippen LogP contribution >= 0.6 is 0 Å². The number of hydrogen-bond acceptors (Lipinski definition) is 4. The second kappa shape index (κ2) is 8.01. The molecule has 4 heteroatoms. The van der Waals surface area contributed by atoms with Gasteiger partial charge in [-0.1, -0.05) is 74.5 Å². The van der Waals surface area contributed by atoms with Crippen LogP contribution in [-0.2, 0) is 11.2 Å². The summed E-state index contributed by atoms with van der Waals surface area (Å²) < 4.78 is 6.45. The van der Waals surface area contributed by atoms with Gasteiger partial charge in [0.2, 0.25) is 5.88 Å². The number of rotatable bonds is 2. The third-order valence-electron chi connectivity index (χ3n) is 7.77. The molecule has 0 fully saturated rings. The first kappa shape index (κ1) is 22.0. The van der Waals surface area contributed by atoms with Crippen molar-refractivity contribution in [1.82, 2.24) is 4.98 Å². The van der Waals surface area contributed by atoms with Crippen molar-refractivity contribution in [1.29, 1.82) is 0 Å². The van der Waals surface area contributed by atoms with Gasteiger partial charge in [0, 0.05) is 41.9 Å². The highest BCUT2D eigenvalue weighted by Gasteiger charge is 2.44. The molecule has 0 saturated carbocycles. The van der Waals surface area contributed by atoms with Crippen LogP contribution in [0.5, 0.6) is 5.88 Å². The Hall–Kier alpha value is -3.53. The summed E-state index contributed by atoms with van der Waals surface area (Å²) >= 11 is 0.